The molecule has 1 amide bonds. The van der Waals surface area contributed by atoms with Gasteiger partial charge in [-0.1, -0.05) is 38.6 Å². The van der Waals surface area contributed by atoms with E-state index >= 15 is 0 Å². The van der Waals surface area contributed by atoms with Crippen LogP contribution in [0, 0.1) is 5.92 Å². The Kier molecular flexibility index (Phi) is 7.59. The summed E-state index contributed by atoms with van der Waals surface area (Å²) in [5.74, 6) is 5.77. The maximum atomic E-state index is 12.1. The van der Waals surface area contributed by atoms with Gasteiger partial charge in [0, 0.05) is 11.2 Å². The molecule has 166 valence electrons. The molecule has 1 aromatic carbocycles. The highest BCUT2D eigenvalue weighted by Crippen LogP contribution is 2.33. The molecule has 1 fully saturated rings. The van der Waals surface area contributed by atoms with E-state index in [4.69, 9.17) is 10.6 Å². The average molecular weight is 445 g/mol. The summed E-state index contributed by atoms with van der Waals surface area (Å²) in [4.78, 5) is 28.6. The van der Waals surface area contributed by atoms with Gasteiger partial charge in [-0.3, -0.25) is 16.0 Å². The van der Waals surface area contributed by atoms with Crippen LogP contribution in [0.25, 0.3) is 0 Å². The lowest BCUT2D eigenvalue weighted by Crippen LogP contribution is -2.47. The van der Waals surface area contributed by atoms with Crippen molar-refractivity contribution in [2.24, 2.45) is 16.8 Å². The Morgan fingerprint density at radius 3 is 2.74 bits per heavy atom. The fourth-order valence-electron chi connectivity index (χ4n) is 3.04. The van der Waals surface area contributed by atoms with Gasteiger partial charge in [0.05, 0.1) is 16.6 Å². The predicted molar refractivity (Wildman–Crippen MR) is 121 cm³/mol. The van der Waals surface area contributed by atoms with Gasteiger partial charge in [0.2, 0.25) is 11.9 Å². The number of hydrogen-bond donors (Lipinski definition) is 5. The number of carbonyl (C=O) groups is 2. The van der Waals surface area contributed by atoms with E-state index in [1.165, 1.54) is 0 Å². The first kappa shape index (κ1) is 22.7. The summed E-state index contributed by atoms with van der Waals surface area (Å²) < 4.78 is 5.46. The molecule has 6 N–H and O–H groups in total. The molecule has 2 aliphatic rings. The second-order valence-corrected chi connectivity index (χ2v) is 9.02. The highest BCUT2D eigenvalue weighted by Gasteiger charge is 2.29. The van der Waals surface area contributed by atoms with Crippen LogP contribution in [0.2, 0.25) is 0 Å². The van der Waals surface area contributed by atoms with Crippen LogP contribution in [0.3, 0.4) is 0 Å². The van der Waals surface area contributed by atoms with E-state index in [1.807, 2.05) is 18.2 Å². The summed E-state index contributed by atoms with van der Waals surface area (Å²) in [6.45, 7) is 7.88. The SMILES string of the molecule is C=C1NC(NC(=O)C(C)C)=NC(N[C@H]2CC[C@@H](COC(=O)c3ccccc3)S2)=C1NN. The fourth-order valence-corrected chi connectivity index (χ4v) is 4.37. The topological polar surface area (TPSA) is 130 Å². The molecule has 3 rings (SSSR count). The third-order valence-corrected chi connectivity index (χ3v) is 6.20. The van der Waals surface area contributed by atoms with Crippen LogP contribution in [0.1, 0.15) is 37.0 Å². The Balaban J connectivity index is 1.58. The first-order chi connectivity index (χ1) is 14.9. The number of esters is 1. The number of benzene rings is 1. The second kappa shape index (κ2) is 10.4. The second-order valence-electron chi connectivity index (χ2n) is 7.51. The molecule has 0 radical (unpaired) electrons. The van der Waals surface area contributed by atoms with Gasteiger partial charge in [0.25, 0.3) is 0 Å². The largest absolute Gasteiger partial charge is 0.461 e. The van der Waals surface area contributed by atoms with Gasteiger partial charge >= 0.3 is 5.97 Å². The number of guanidine groups is 1. The van der Waals surface area contributed by atoms with Crippen molar-refractivity contribution in [2.45, 2.75) is 37.3 Å². The number of nitrogens with zero attached hydrogens (tertiary/aromatic N) is 1. The standard InChI is InChI=1S/C21H28N6O3S/c1-12(2)19(28)26-21-23-13(3)17(27-22)18(25-21)24-16-10-9-15(31-16)11-30-20(29)14-7-5-4-6-8-14/h4-8,12,15-16,24,27H,3,9-11,22H2,1-2H3,(H2,23,25,26,28)/t15-,16+/m0/s1. The number of hydrazine groups is 1. The van der Waals surface area contributed by atoms with Crippen LogP contribution < -0.4 is 27.2 Å². The summed E-state index contributed by atoms with van der Waals surface area (Å²) in [5.41, 5.74) is 4.16. The summed E-state index contributed by atoms with van der Waals surface area (Å²) >= 11 is 1.68. The van der Waals surface area contributed by atoms with Crippen molar-refractivity contribution in [1.29, 1.82) is 0 Å². The van der Waals surface area contributed by atoms with Crippen LogP contribution >= 0.6 is 11.8 Å². The number of amides is 1. The van der Waals surface area contributed by atoms with Gasteiger partial charge in [0.15, 0.2) is 5.82 Å². The molecule has 1 aromatic rings. The third-order valence-electron chi connectivity index (χ3n) is 4.76. The normalized spacial score (nSPS) is 20.8. The van der Waals surface area contributed by atoms with Crippen molar-refractivity contribution in [3.8, 4) is 0 Å². The van der Waals surface area contributed by atoms with Crippen LogP contribution in [0.15, 0.2) is 59.1 Å². The van der Waals surface area contributed by atoms with Crippen LogP contribution in [-0.4, -0.2) is 35.1 Å². The van der Waals surface area contributed by atoms with E-state index < -0.39 is 0 Å². The number of ether oxygens (including phenoxy) is 1. The Bertz CT molecular complexity index is 900. The van der Waals surface area contributed by atoms with E-state index in [1.54, 1.807) is 37.7 Å². The molecule has 0 bridgehead atoms. The summed E-state index contributed by atoms with van der Waals surface area (Å²) in [6.07, 6.45) is 1.76. The lowest BCUT2D eigenvalue weighted by molar-refractivity contribution is -0.122. The summed E-state index contributed by atoms with van der Waals surface area (Å²) in [6, 6.07) is 8.95. The minimum absolute atomic E-state index is 0.0514. The number of nitrogens with two attached hydrogens (primary N) is 1. The van der Waals surface area contributed by atoms with Crippen molar-refractivity contribution in [3.05, 3.63) is 59.7 Å². The lowest BCUT2D eigenvalue weighted by atomic mass is 10.2. The molecule has 31 heavy (non-hydrogen) atoms. The zero-order valence-electron chi connectivity index (χ0n) is 17.6. The van der Waals surface area contributed by atoms with E-state index in [0.717, 1.165) is 12.8 Å². The number of rotatable bonds is 7. The molecule has 9 nitrogen and oxygen atoms in total. The highest BCUT2D eigenvalue weighted by atomic mass is 32.2. The molecule has 0 aromatic heterocycles. The van der Waals surface area contributed by atoms with Crippen molar-refractivity contribution < 1.29 is 14.3 Å². The first-order valence-corrected chi connectivity index (χ1v) is 11.0. The molecular weight excluding hydrogens is 416 g/mol. The smallest absolute Gasteiger partial charge is 0.338 e. The van der Waals surface area contributed by atoms with Gasteiger partial charge in [-0.05, 0) is 25.0 Å². The zero-order valence-corrected chi connectivity index (χ0v) is 18.4. The first-order valence-electron chi connectivity index (χ1n) is 10.1. The number of carbonyl (C=O) groups excluding carboxylic acids is 2. The molecule has 1 saturated heterocycles. The van der Waals surface area contributed by atoms with Gasteiger partial charge < -0.3 is 20.8 Å². The molecule has 0 spiro atoms. The fraction of sp³-hybridized carbons (Fsp3) is 0.381. The van der Waals surface area contributed by atoms with Crippen molar-refractivity contribution >= 4 is 29.6 Å². The Labute approximate surface area is 185 Å². The molecule has 10 heteroatoms. The Hall–Kier alpha value is -2.98. The van der Waals surface area contributed by atoms with E-state index in [2.05, 4.69) is 32.9 Å². The molecule has 2 aliphatic heterocycles. The monoisotopic (exact) mass is 444 g/mol. The van der Waals surface area contributed by atoms with Gasteiger partial charge in [0.1, 0.15) is 12.3 Å². The van der Waals surface area contributed by atoms with Crippen LogP contribution in [-0.2, 0) is 9.53 Å². The molecular formula is C21H28N6O3S. The Morgan fingerprint density at radius 1 is 1.32 bits per heavy atom. The molecule has 0 aliphatic carbocycles. The molecule has 2 heterocycles. The average Bonchev–Trinajstić information content (AvgIpc) is 3.19. The van der Waals surface area contributed by atoms with Gasteiger partial charge in [-0.25, -0.2) is 4.79 Å². The van der Waals surface area contributed by atoms with Gasteiger partial charge in [-0.2, -0.15) is 4.99 Å². The molecule has 0 saturated carbocycles. The predicted octanol–water partition coefficient (Wildman–Crippen LogP) is 1.53. The maximum Gasteiger partial charge on any atom is 0.338 e. The lowest BCUT2D eigenvalue weighted by Gasteiger charge is -2.25. The minimum Gasteiger partial charge on any atom is -0.461 e. The highest BCUT2D eigenvalue weighted by molar-refractivity contribution is 8.00. The minimum atomic E-state index is -0.320. The molecule has 0 unspecified atom stereocenters. The van der Waals surface area contributed by atoms with Crippen molar-refractivity contribution in [2.75, 3.05) is 6.61 Å². The number of hydrogen-bond acceptors (Lipinski definition) is 9. The van der Waals surface area contributed by atoms with E-state index in [9.17, 15) is 9.59 Å². The quantitative estimate of drug-likeness (QED) is 0.243. The Morgan fingerprint density at radius 2 is 2.06 bits per heavy atom. The van der Waals surface area contributed by atoms with E-state index in [0.29, 0.717) is 35.3 Å². The zero-order chi connectivity index (χ0) is 22.4. The van der Waals surface area contributed by atoms with Crippen molar-refractivity contribution in [1.82, 2.24) is 21.4 Å². The van der Waals surface area contributed by atoms with Crippen LogP contribution in [0.4, 0.5) is 0 Å². The van der Waals surface area contributed by atoms with Crippen LogP contribution in [0.5, 0.6) is 0 Å². The van der Waals surface area contributed by atoms with E-state index in [-0.39, 0.29) is 28.4 Å². The third kappa shape index (κ3) is 6.02. The number of thioether (sulfide) groups is 1. The summed E-state index contributed by atoms with van der Waals surface area (Å²) in [5, 5.41) is 9.25. The maximum absolute atomic E-state index is 12.1. The van der Waals surface area contributed by atoms with Gasteiger partial charge in [-0.15, -0.1) is 11.8 Å². The molecule has 2 atom stereocenters. The van der Waals surface area contributed by atoms with Crippen molar-refractivity contribution in [3.63, 3.8) is 0 Å². The number of nitrogens with one attached hydrogen (secondary N) is 4. The number of aliphatic imine (C=N–C) groups is 1. The summed E-state index contributed by atoms with van der Waals surface area (Å²) in [7, 11) is 0.